The van der Waals surface area contributed by atoms with Crippen LogP contribution in [0.1, 0.15) is 18.9 Å². The second-order valence-corrected chi connectivity index (χ2v) is 5.28. The highest BCUT2D eigenvalue weighted by Gasteiger charge is 2.12. The molecule has 2 amide bonds. The second-order valence-electron chi connectivity index (χ2n) is 5.28. The predicted octanol–water partition coefficient (Wildman–Crippen LogP) is 4.00. The molecule has 0 saturated heterocycles. The summed E-state index contributed by atoms with van der Waals surface area (Å²) < 4.78 is 5.73. The first-order chi connectivity index (χ1) is 11.2. The van der Waals surface area contributed by atoms with E-state index in [4.69, 9.17) is 4.74 Å². The summed E-state index contributed by atoms with van der Waals surface area (Å²) in [6.45, 7) is 5.80. The zero-order chi connectivity index (χ0) is 16.5. The molecule has 0 atom stereocenters. The van der Waals surface area contributed by atoms with Crippen molar-refractivity contribution in [1.82, 2.24) is 5.32 Å². The lowest BCUT2D eigenvalue weighted by atomic mass is 10.2. The molecule has 2 aromatic rings. The Hall–Kier alpha value is -2.49. The van der Waals surface area contributed by atoms with E-state index in [1.165, 1.54) is 0 Å². The number of nitrogens with zero attached hydrogens (tertiary/aromatic N) is 1. The molecule has 0 aromatic heterocycles. The van der Waals surface area contributed by atoms with Crippen LogP contribution in [-0.4, -0.2) is 25.7 Å². The summed E-state index contributed by atoms with van der Waals surface area (Å²) in [6, 6.07) is 17.5. The van der Waals surface area contributed by atoms with E-state index in [9.17, 15) is 4.79 Å². The molecular weight excluding hydrogens is 288 g/mol. The number of ether oxygens (including phenoxy) is 1. The predicted molar refractivity (Wildman–Crippen MR) is 94.2 cm³/mol. The van der Waals surface area contributed by atoms with Crippen molar-refractivity contribution in [3.8, 4) is 5.75 Å². The van der Waals surface area contributed by atoms with E-state index in [0.29, 0.717) is 19.7 Å². The molecule has 2 aromatic carbocycles. The van der Waals surface area contributed by atoms with Gasteiger partial charge in [0.1, 0.15) is 5.75 Å². The van der Waals surface area contributed by atoms with Gasteiger partial charge in [0, 0.05) is 18.8 Å². The maximum absolute atomic E-state index is 12.2. The first-order valence-corrected chi connectivity index (χ1v) is 8.01. The topological polar surface area (TPSA) is 41.6 Å². The normalized spacial score (nSPS) is 10.2. The van der Waals surface area contributed by atoms with E-state index < -0.39 is 0 Å². The molecule has 4 nitrogen and oxygen atoms in total. The minimum Gasteiger partial charge on any atom is -0.493 e. The zero-order valence-electron chi connectivity index (χ0n) is 13.8. The second kappa shape index (κ2) is 8.83. The third kappa shape index (κ3) is 5.02. The molecule has 0 aliphatic rings. The molecule has 0 bridgehead atoms. The quantitative estimate of drug-likeness (QED) is 0.785. The third-order valence-corrected chi connectivity index (χ3v) is 3.58. The number of carbonyl (C=O) groups excluding carboxylic acids is 1. The lowest BCUT2D eigenvalue weighted by Crippen LogP contribution is -2.40. The molecular formula is C19H24N2O2. The molecule has 0 aliphatic heterocycles. The third-order valence-electron chi connectivity index (χ3n) is 3.58. The van der Waals surface area contributed by atoms with Gasteiger partial charge in [-0.15, -0.1) is 0 Å². The van der Waals surface area contributed by atoms with Crippen LogP contribution >= 0.6 is 0 Å². The number of para-hydroxylation sites is 2. The maximum Gasteiger partial charge on any atom is 0.321 e. The number of aryl methyl sites for hydroxylation is 1. The Labute approximate surface area is 138 Å². The molecule has 0 unspecified atom stereocenters. The molecule has 0 spiro atoms. The zero-order valence-corrected chi connectivity index (χ0v) is 13.8. The van der Waals surface area contributed by atoms with Gasteiger partial charge in [-0.2, -0.15) is 0 Å². The number of carbonyl (C=O) groups is 1. The molecule has 0 aliphatic carbocycles. The Morgan fingerprint density at radius 2 is 1.78 bits per heavy atom. The van der Waals surface area contributed by atoms with E-state index >= 15 is 0 Å². The van der Waals surface area contributed by atoms with Gasteiger partial charge in [0.25, 0.3) is 0 Å². The maximum atomic E-state index is 12.2. The lowest BCUT2D eigenvalue weighted by Gasteiger charge is -2.21. The summed E-state index contributed by atoms with van der Waals surface area (Å²) in [5, 5.41) is 2.94. The van der Waals surface area contributed by atoms with Crippen molar-refractivity contribution in [3.05, 3.63) is 60.2 Å². The number of rotatable bonds is 7. The van der Waals surface area contributed by atoms with E-state index in [0.717, 1.165) is 23.4 Å². The smallest absolute Gasteiger partial charge is 0.321 e. The van der Waals surface area contributed by atoms with Gasteiger partial charge in [-0.3, -0.25) is 4.90 Å². The Morgan fingerprint density at radius 3 is 2.48 bits per heavy atom. The highest BCUT2D eigenvalue weighted by Crippen LogP contribution is 2.16. The molecule has 0 heterocycles. The van der Waals surface area contributed by atoms with Gasteiger partial charge in [-0.05, 0) is 44.0 Å². The average Bonchev–Trinajstić information content (AvgIpc) is 2.58. The van der Waals surface area contributed by atoms with Gasteiger partial charge < -0.3 is 10.1 Å². The highest BCUT2D eigenvalue weighted by atomic mass is 16.5. The fourth-order valence-corrected chi connectivity index (χ4v) is 2.31. The Morgan fingerprint density at radius 1 is 1.09 bits per heavy atom. The monoisotopic (exact) mass is 312 g/mol. The van der Waals surface area contributed by atoms with Crippen LogP contribution in [0.4, 0.5) is 10.5 Å². The lowest BCUT2D eigenvalue weighted by molar-refractivity contribution is 0.244. The van der Waals surface area contributed by atoms with Crippen LogP contribution in [0.5, 0.6) is 5.75 Å². The Kier molecular flexibility index (Phi) is 6.48. The molecule has 0 fully saturated rings. The van der Waals surface area contributed by atoms with Crippen molar-refractivity contribution in [3.63, 3.8) is 0 Å². The van der Waals surface area contributed by atoms with E-state index in [2.05, 4.69) is 5.32 Å². The number of benzene rings is 2. The number of anilines is 1. The standard InChI is InChI=1S/C19H24N2O2/c1-3-21(17-11-5-4-6-12-17)19(22)20-14-9-15-23-18-13-8-7-10-16(18)2/h4-8,10-13H,3,9,14-15H2,1-2H3,(H,20,22). The summed E-state index contributed by atoms with van der Waals surface area (Å²) in [7, 11) is 0. The van der Waals surface area contributed by atoms with Crippen LogP contribution < -0.4 is 15.0 Å². The van der Waals surface area contributed by atoms with E-state index in [1.807, 2.05) is 68.4 Å². The number of hydrogen-bond donors (Lipinski definition) is 1. The van der Waals surface area contributed by atoms with Gasteiger partial charge >= 0.3 is 6.03 Å². The molecule has 4 heteroatoms. The van der Waals surface area contributed by atoms with Crippen molar-refractivity contribution in [1.29, 1.82) is 0 Å². The molecule has 1 N–H and O–H groups in total. The molecule has 2 rings (SSSR count). The van der Waals surface area contributed by atoms with Gasteiger partial charge in [0.15, 0.2) is 0 Å². The van der Waals surface area contributed by atoms with Gasteiger partial charge in [-0.25, -0.2) is 4.79 Å². The number of urea groups is 1. The molecule has 122 valence electrons. The van der Waals surface area contributed by atoms with Crippen molar-refractivity contribution in [2.24, 2.45) is 0 Å². The minimum absolute atomic E-state index is 0.0745. The van der Waals surface area contributed by atoms with Crippen molar-refractivity contribution >= 4 is 11.7 Å². The van der Waals surface area contributed by atoms with Gasteiger partial charge in [-0.1, -0.05) is 36.4 Å². The fourth-order valence-electron chi connectivity index (χ4n) is 2.31. The van der Waals surface area contributed by atoms with Gasteiger partial charge in [0.05, 0.1) is 6.61 Å². The summed E-state index contributed by atoms with van der Waals surface area (Å²) >= 11 is 0. The van der Waals surface area contributed by atoms with E-state index in [1.54, 1.807) is 4.90 Å². The first kappa shape index (κ1) is 16.9. The van der Waals surface area contributed by atoms with Crippen LogP contribution in [0.3, 0.4) is 0 Å². The van der Waals surface area contributed by atoms with Crippen molar-refractivity contribution < 1.29 is 9.53 Å². The summed E-state index contributed by atoms with van der Waals surface area (Å²) in [4.78, 5) is 14.0. The molecule has 0 radical (unpaired) electrons. The average molecular weight is 312 g/mol. The van der Waals surface area contributed by atoms with Crippen LogP contribution in [-0.2, 0) is 0 Å². The fraction of sp³-hybridized carbons (Fsp3) is 0.316. The number of hydrogen-bond acceptors (Lipinski definition) is 2. The van der Waals surface area contributed by atoms with Crippen molar-refractivity contribution in [2.45, 2.75) is 20.3 Å². The summed E-state index contributed by atoms with van der Waals surface area (Å²) in [6.07, 6.45) is 0.770. The Bertz CT molecular complexity index is 614. The number of nitrogens with one attached hydrogen (secondary N) is 1. The van der Waals surface area contributed by atoms with Crippen LogP contribution in [0.15, 0.2) is 54.6 Å². The summed E-state index contributed by atoms with van der Waals surface area (Å²) in [5.74, 6) is 0.901. The number of amides is 2. The van der Waals surface area contributed by atoms with E-state index in [-0.39, 0.29) is 6.03 Å². The minimum atomic E-state index is -0.0745. The largest absolute Gasteiger partial charge is 0.493 e. The van der Waals surface area contributed by atoms with Crippen LogP contribution in [0.2, 0.25) is 0 Å². The molecule has 23 heavy (non-hydrogen) atoms. The Balaban J connectivity index is 1.73. The van der Waals surface area contributed by atoms with Crippen LogP contribution in [0, 0.1) is 6.92 Å². The first-order valence-electron chi connectivity index (χ1n) is 8.01. The molecule has 0 saturated carbocycles. The summed E-state index contributed by atoms with van der Waals surface area (Å²) in [5.41, 5.74) is 2.03. The highest BCUT2D eigenvalue weighted by molar-refractivity contribution is 5.91. The van der Waals surface area contributed by atoms with Crippen molar-refractivity contribution in [2.75, 3.05) is 24.6 Å². The van der Waals surface area contributed by atoms with Crippen LogP contribution in [0.25, 0.3) is 0 Å². The SMILES string of the molecule is CCN(C(=O)NCCCOc1ccccc1C)c1ccccc1. The van der Waals surface area contributed by atoms with Gasteiger partial charge in [0.2, 0.25) is 0 Å².